The Morgan fingerprint density at radius 1 is 1.45 bits per heavy atom. The van der Waals surface area contributed by atoms with Gasteiger partial charge in [-0.25, -0.2) is 4.98 Å². The summed E-state index contributed by atoms with van der Waals surface area (Å²) in [7, 11) is 0. The summed E-state index contributed by atoms with van der Waals surface area (Å²) in [5.41, 5.74) is 0.418. The largest absolute Gasteiger partial charge is 0.351 e. The van der Waals surface area contributed by atoms with Crippen LogP contribution < -0.4 is 10.6 Å². The number of pyridine rings is 1. The average molecular weight is 341 g/mol. The van der Waals surface area contributed by atoms with Crippen LogP contribution in [0.1, 0.15) is 29.8 Å². The van der Waals surface area contributed by atoms with Gasteiger partial charge in [-0.05, 0) is 50.4 Å². The van der Waals surface area contributed by atoms with Crippen LogP contribution in [-0.2, 0) is 0 Å². The Morgan fingerprint density at radius 2 is 2.25 bits per heavy atom. The fraction of sp³-hybridized carbons (Fsp3) is 0.538. The quantitative estimate of drug-likeness (QED) is 0.886. The van der Waals surface area contributed by atoms with Crippen molar-refractivity contribution in [3.05, 3.63) is 29.0 Å². The molecule has 1 aromatic heterocycles. The molecule has 1 atom stereocenters. The maximum Gasteiger partial charge on any atom is 0.269 e. The van der Waals surface area contributed by atoms with Crippen LogP contribution in [0.3, 0.4) is 0 Å². The fourth-order valence-corrected chi connectivity index (χ4v) is 2.27. The Labute approximate surface area is 136 Å². The summed E-state index contributed by atoms with van der Waals surface area (Å²) < 4.78 is 0. The van der Waals surface area contributed by atoms with Crippen molar-refractivity contribution in [2.24, 2.45) is 5.92 Å². The van der Waals surface area contributed by atoms with E-state index in [1.807, 2.05) is 0 Å². The summed E-state index contributed by atoms with van der Waals surface area (Å²) in [6.45, 7) is 2.89. The molecular formula is C13H20Cl3N3O. The molecule has 4 nitrogen and oxygen atoms in total. The minimum atomic E-state index is -0.129. The molecule has 1 aliphatic heterocycles. The van der Waals surface area contributed by atoms with Crippen LogP contribution in [-0.4, -0.2) is 30.5 Å². The number of hydrogen-bond acceptors (Lipinski definition) is 3. The number of hydrogen-bond donors (Lipinski definition) is 2. The minimum absolute atomic E-state index is 0. The van der Waals surface area contributed by atoms with E-state index in [0.29, 0.717) is 23.2 Å². The molecule has 20 heavy (non-hydrogen) atoms. The van der Waals surface area contributed by atoms with Gasteiger partial charge in [-0.3, -0.25) is 4.79 Å². The van der Waals surface area contributed by atoms with E-state index >= 15 is 0 Å². The molecule has 0 aromatic carbocycles. The number of aromatic nitrogens is 1. The van der Waals surface area contributed by atoms with E-state index in [9.17, 15) is 4.79 Å². The molecule has 2 heterocycles. The molecule has 1 amide bonds. The third kappa shape index (κ3) is 6.27. The second kappa shape index (κ2) is 10.2. The zero-order valence-electron chi connectivity index (χ0n) is 11.1. The van der Waals surface area contributed by atoms with Crippen LogP contribution in [0, 0.1) is 5.92 Å². The first-order chi connectivity index (χ1) is 8.75. The van der Waals surface area contributed by atoms with E-state index in [-0.39, 0.29) is 30.7 Å². The van der Waals surface area contributed by atoms with E-state index in [4.69, 9.17) is 11.6 Å². The number of halogens is 3. The van der Waals surface area contributed by atoms with Crippen LogP contribution in [0.25, 0.3) is 0 Å². The predicted octanol–water partition coefficient (Wildman–Crippen LogP) is 2.70. The van der Waals surface area contributed by atoms with Gasteiger partial charge in [0.25, 0.3) is 5.91 Å². The summed E-state index contributed by atoms with van der Waals surface area (Å²) >= 11 is 5.72. The molecule has 0 aliphatic carbocycles. The monoisotopic (exact) mass is 339 g/mol. The van der Waals surface area contributed by atoms with Gasteiger partial charge < -0.3 is 10.6 Å². The van der Waals surface area contributed by atoms with Gasteiger partial charge in [-0.1, -0.05) is 11.6 Å². The summed E-state index contributed by atoms with van der Waals surface area (Å²) in [6, 6.07) is 3.31. The first-order valence-electron chi connectivity index (χ1n) is 6.36. The van der Waals surface area contributed by atoms with Crippen molar-refractivity contribution in [2.75, 3.05) is 19.6 Å². The fourth-order valence-electron chi connectivity index (χ4n) is 2.16. The summed E-state index contributed by atoms with van der Waals surface area (Å²) in [6.07, 6.45) is 4.99. The molecule has 2 N–H and O–H groups in total. The summed E-state index contributed by atoms with van der Waals surface area (Å²) in [4.78, 5) is 15.8. The first-order valence-corrected chi connectivity index (χ1v) is 6.74. The lowest BCUT2D eigenvalue weighted by molar-refractivity contribution is 0.0945. The second-order valence-corrected chi connectivity index (χ2v) is 5.06. The van der Waals surface area contributed by atoms with Crippen molar-refractivity contribution in [1.82, 2.24) is 15.6 Å². The van der Waals surface area contributed by atoms with E-state index < -0.39 is 0 Å². The van der Waals surface area contributed by atoms with Crippen molar-refractivity contribution in [3.8, 4) is 0 Å². The van der Waals surface area contributed by atoms with Gasteiger partial charge in [0.05, 0.1) is 5.02 Å². The summed E-state index contributed by atoms with van der Waals surface area (Å²) in [5.74, 6) is 0.549. The van der Waals surface area contributed by atoms with Gasteiger partial charge in [0, 0.05) is 12.7 Å². The molecule has 2 rings (SSSR count). The Kier molecular flexibility index (Phi) is 9.94. The van der Waals surface area contributed by atoms with Crippen molar-refractivity contribution in [1.29, 1.82) is 0 Å². The number of rotatable bonds is 4. The number of carbonyl (C=O) groups excluding carboxylic acids is 1. The highest BCUT2D eigenvalue weighted by Gasteiger charge is 2.13. The zero-order chi connectivity index (χ0) is 12.8. The molecule has 1 unspecified atom stereocenters. The van der Waals surface area contributed by atoms with Crippen LogP contribution >= 0.6 is 36.4 Å². The average Bonchev–Trinajstić information content (AvgIpc) is 2.40. The molecule has 1 saturated heterocycles. The van der Waals surface area contributed by atoms with Gasteiger partial charge in [0.1, 0.15) is 5.69 Å². The molecule has 114 valence electrons. The lowest BCUT2D eigenvalue weighted by Crippen LogP contribution is -2.33. The molecule has 7 heteroatoms. The van der Waals surface area contributed by atoms with Crippen LogP contribution in [0.4, 0.5) is 0 Å². The van der Waals surface area contributed by atoms with Crippen molar-refractivity contribution < 1.29 is 4.79 Å². The smallest absolute Gasteiger partial charge is 0.269 e. The molecule has 1 fully saturated rings. The highest BCUT2D eigenvalue weighted by Crippen LogP contribution is 2.13. The van der Waals surface area contributed by atoms with Crippen LogP contribution in [0.15, 0.2) is 18.3 Å². The van der Waals surface area contributed by atoms with E-state index in [1.54, 1.807) is 12.1 Å². The number of piperidine rings is 1. The minimum Gasteiger partial charge on any atom is -0.351 e. The zero-order valence-corrected chi connectivity index (χ0v) is 13.5. The van der Waals surface area contributed by atoms with Gasteiger partial charge >= 0.3 is 0 Å². The van der Waals surface area contributed by atoms with E-state index in [0.717, 1.165) is 19.5 Å². The lowest BCUT2D eigenvalue weighted by atomic mass is 9.96. The lowest BCUT2D eigenvalue weighted by Gasteiger charge is -2.22. The first kappa shape index (κ1) is 19.4. The van der Waals surface area contributed by atoms with E-state index in [2.05, 4.69) is 15.6 Å². The number of amides is 1. The Hall–Kier alpha value is -0.550. The predicted molar refractivity (Wildman–Crippen MR) is 86.3 cm³/mol. The highest BCUT2D eigenvalue weighted by molar-refractivity contribution is 6.30. The molecule has 0 radical (unpaired) electrons. The van der Waals surface area contributed by atoms with Crippen molar-refractivity contribution in [3.63, 3.8) is 0 Å². The van der Waals surface area contributed by atoms with Crippen molar-refractivity contribution >= 4 is 42.3 Å². The highest BCUT2D eigenvalue weighted by atomic mass is 35.5. The molecule has 0 saturated carbocycles. The number of carbonyl (C=O) groups is 1. The second-order valence-electron chi connectivity index (χ2n) is 4.62. The number of nitrogens with one attached hydrogen (secondary N) is 2. The third-order valence-electron chi connectivity index (χ3n) is 3.20. The summed E-state index contributed by atoms with van der Waals surface area (Å²) in [5, 5.41) is 6.81. The Bertz CT molecular complexity index is 394. The van der Waals surface area contributed by atoms with Crippen LogP contribution in [0.2, 0.25) is 5.02 Å². The maximum absolute atomic E-state index is 11.8. The Balaban J connectivity index is 0.00000180. The molecular weight excluding hydrogens is 321 g/mol. The van der Waals surface area contributed by atoms with Crippen molar-refractivity contribution in [2.45, 2.75) is 19.3 Å². The molecule has 0 bridgehead atoms. The van der Waals surface area contributed by atoms with Gasteiger partial charge in [-0.15, -0.1) is 24.8 Å². The Morgan fingerprint density at radius 3 is 2.85 bits per heavy atom. The molecule has 1 aliphatic rings. The topological polar surface area (TPSA) is 54.0 Å². The van der Waals surface area contributed by atoms with Crippen LogP contribution in [0.5, 0.6) is 0 Å². The normalized spacial score (nSPS) is 17.6. The van der Waals surface area contributed by atoms with E-state index in [1.165, 1.54) is 19.0 Å². The van der Waals surface area contributed by atoms with Gasteiger partial charge in [0.15, 0.2) is 0 Å². The number of nitrogens with zero attached hydrogens (tertiary/aromatic N) is 1. The molecule has 1 aromatic rings. The van der Waals surface area contributed by atoms with Gasteiger partial charge in [-0.2, -0.15) is 0 Å². The standard InChI is InChI=1S/C13H18ClN3O.2ClH/c14-11-3-4-12(17-9-11)13(18)16-7-5-10-2-1-6-15-8-10;;/h3-4,9-10,15H,1-2,5-8H2,(H,16,18);2*1H. The maximum atomic E-state index is 11.8. The van der Waals surface area contributed by atoms with Gasteiger partial charge in [0.2, 0.25) is 0 Å². The SMILES string of the molecule is Cl.Cl.O=C(NCCC1CCCNC1)c1ccc(Cl)cn1. The third-order valence-corrected chi connectivity index (χ3v) is 3.42. The molecule has 0 spiro atoms.